The highest BCUT2D eigenvalue weighted by Gasteiger charge is 2.25. The maximum atomic E-state index is 13.2. The van der Waals surface area contributed by atoms with Crippen molar-refractivity contribution in [3.05, 3.63) is 64.7 Å². The van der Waals surface area contributed by atoms with E-state index < -0.39 is 0 Å². The van der Waals surface area contributed by atoms with Gasteiger partial charge in [0.05, 0.1) is 11.3 Å². The molecule has 0 N–H and O–H groups in total. The maximum absolute atomic E-state index is 13.2. The molecule has 0 atom stereocenters. The normalized spacial score (nSPS) is 17.2. The molecule has 2 aromatic carbocycles. The average molecular weight is 458 g/mol. The Morgan fingerprint density at radius 2 is 1.52 bits per heavy atom. The van der Waals surface area contributed by atoms with Gasteiger partial charge in [-0.3, -0.25) is 14.5 Å². The van der Waals surface area contributed by atoms with Crippen molar-refractivity contribution in [3.63, 3.8) is 0 Å². The monoisotopic (exact) mass is 457 g/mol. The summed E-state index contributed by atoms with van der Waals surface area (Å²) in [6.45, 7) is 5.69. The first-order valence-electron chi connectivity index (χ1n) is 10.9. The Hall–Kier alpha value is -2.02. The number of carbonyl (C=O) groups excluding carboxylic acids is 2. The van der Waals surface area contributed by atoms with Gasteiger partial charge in [-0.25, -0.2) is 0 Å². The molecule has 2 fully saturated rings. The topological polar surface area (TPSA) is 43.9 Å². The van der Waals surface area contributed by atoms with E-state index in [-0.39, 0.29) is 11.8 Å². The number of piperazine rings is 1. The van der Waals surface area contributed by atoms with E-state index >= 15 is 0 Å². The number of amides is 2. The van der Waals surface area contributed by atoms with Crippen molar-refractivity contribution in [1.82, 2.24) is 14.7 Å². The molecule has 2 aliphatic rings. The molecule has 4 rings (SSSR count). The van der Waals surface area contributed by atoms with Crippen LogP contribution in [0.5, 0.6) is 0 Å². The molecule has 0 aliphatic carbocycles. The number of halogens is 1. The summed E-state index contributed by atoms with van der Waals surface area (Å²) in [7, 11) is 0. The minimum Gasteiger partial charge on any atom is -0.342 e. The minimum atomic E-state index is 0.0582. The van der Waals surface area contributed by atoms with Gasteiger partial charge in [-0.15, -0.1) is 11.8 Å². The van der Waals surface area contributed by atoms with Crippen molar-refractivity contribution >= 4 is 35.2 Å². The standard InChI is InChI=1S/C24H28ClN3O2S/c25-20-9-7-19(8-10-20)17-26-13-15-28(16-14-26)24(30)21-5-1-2-6-22(21)31-18-23(29)27-11-3-4-12-27/h1-2,5-10H,3-4,11-18H2. The molecular weight excluding hydrogens is 430 g/mol. The van der Waals surface area contributed by atoms with Gasteiger partial charge in [0.15, 0.2) is 0 Å². The first-order valence-corrected chi connectivity index (χ1v) is 12.2. The Morgan fingerprint density at radius 3 is 2.23 bits per heavy atom. The van der Waals surface area contributed by atoms with Crippen molar-refractivity contribution in [3.8, 4) is 0 Å². The van der Waals surface area contributed by atoms with Gasteiger partial charge in [0.25, 0.3) is 5.91 Å². The quantitative estimate of drug-likeness (QED) is 0.615. The van der Waals surface area contributed by atoms with E-state index in [2.05, 4.69) is 17.0 Å². The van der Waals surface area contributed by atoms with Gasteiger partial charge >= 0.3 is 0 Å². The van der Waals surface area contributed by atoms with Crippen molar-refractivity contribution < 1.29 is 9.59 Å². The van der Waals surface area contributed by atoms with Gasteiger partial charge in [0.2, 0.25) is 5.91 Å². The number of likely N-dealkylation sites (tertiary alicyclic amines) is 1. The molecule has 7 heteroatoms. The second-order valence-corrected chi connectivity index (χ2v) is 9.52. The molecule has 31 heavy (non-hydrogen) atoms. The van der Waals surface area contributed by atoms with Crippen LogP contribution in [0.1, 0.15) is 28.8 Å². The molecular formula is C24H28ClN3O2S. The van der Waals surface area contributed by atoms with Crippen LogP contribution in [0.25, 0.3) is 0 Å². The van der Waals surface area contributed by atoms with E-state index in [4.69, 9.17) is 11.6 Å². The number of hydrogen-bond donors (Lipinski definition) is 0. The lowest BCUT2D eigenvalue weighted by atomic mass is 10.1. The Kier molecular flexibility index (Phi) is 7.54. The van der Waals surface area contributed by atoms with Gasteiger partial charge < -0.3 is 9.80 Å². The fraction of sp³-hybridized carbons (Fsp3) is 0.417. The number of hydrogen-bond acceptors (Lipinski definition) is 4. The SMILES string of the molecule is O=C(CSc1ccccc1C(=O)N1CCN(Cc2ccc(Cl)cc2)CC1)N1CCCC1. The lowest BCUT2D eigenvalue weighted by Crippen LogP contribution is -2.48. The predicted molar refractivity (Wildman–Crippen MR) is 126 cm³/mol. The summed E-state index contributed by atoms with van der Waals surface area (Å²) < 4.78 is 0. The van der Waals surface area contributed by atoms with Crippen molar-refractivity contribution in [1.29, 1.82) is 0 Å². The molecule has 2 aliphatic heterocycles. The summed E-state index contributed by atoms with van der Waals surface area (Å²) in [4.78, 5) is 32.7. The third-order valence-corrected chi connectivity index (χ3v) is 7.22. The van der Waals surface area contributed by atoms with Gasteiger partial charge in [-0.05, 0) is 42.7 Å². The highest BCUT2D eigenvalue weighted by atomic mass is 35.5. The number of rotatable bonds is 6. The molecule has 164 valence electrons. The van der Waals surface area contributed by atoms with Crippen LogP contribution in [0.2, 0.25) is 5.02 Å². The van der Waals surface area contributed by atoms with Gasteiger partial charge in [-0.1, -0.05) is 35.9 Å². The van der Waals surface area contributed by atoms with E-state index in [1.807, 2.05) is 46.2 Å². The largest absolute Gasteiger partial charge is 0.342 e. The zero-order valence-electron chi connectivity index (χ0n) is 17.6. The van der Waals surface area contributed by atoms with Crippen LogP contribution >= 0.6 is 23.4 Å². The van der Waals surface area contributed by atoms with E-state index in [0.29, 0.717) is 24.4 Å². The minimum absolute atomic E-state index is 0.0582. The highest BCUT2D eigenvalue weighted by molar-refractivity contribution is 8.00. The molecule has 0 bridgehead atoms. The Labute approximate surface area is 193 Å². The molecule has 0 aromatic heterocycles. The van der Waals surface area contributed by atoms with Crippen molar-refractivity contribution in [2.45, 2.75) is 24.3 Å². The van der Waals surface area contributed by atoms with Crippen LogP contribution < -0.4 is 0 Å². The van der Waals surface area contributed by atoms with E-state index in [1.165, 1.54) is 17.3 Å². The lowest BCUT2D eigenvalue weighted by molar-refractivity contribution is -0.127. The number of nitrogens with zero attached hydrogens (tertiary/aromatic N) is 3. The predicted octanol–water partition coefficient (Wildman–Crippen LogP) is 4.01. The molecule has 0 unspecified atom stereocenters. The van der Waals surface area contributed by atoms with Crippen LogP contribution in [0, 0.1) is 0 Å². The van der Waals surface area contributed by atoms with Crippen LogP contribution in [0.3, 0.4) is 0 Å². The van der Waals surface area contributed by atoms with E-state index in [1.54, 1.807) is 0 Å². The first-order chi connectivity index (χ1) is 15.1. The summed E-state index contributed by atoms with van der Waals surface area (Å²) in [6, 6.07) is 15.6. The zero-order chi connectivity index (χ0) is 21.6. The maximum Gasteiger partial charge on any atom is 0.255 e. The Morgan fingerprint density at radius 1 is 0.839 bits per heavy atom. The third-order valence-electron chi connectivity index (χ3n) is 5.91. The van der Waals surface area contributed by atoms with Crippen molar-refractivity contribution in [2.24, 2.45) is 0 Å². The Balaban J connectivity index is 1.32. The van der Waals surface area contributed by atoms with Crippen molar-refractivity contribution in [2.75, 3.05) is 45.0 Å². The molecule has 0 radical (unpaired) electrons. The van der Waals surface area contributed by atoms with Crippen LogP contribution in [-0.4, -0.2) is 71.5 Å². The summed E-state index contributed by atoms with van der Waals surface area (Å²) in [5.74, 6) is 0.613. The average Bonchev–Trinajstić information content (AvgIpc) is 3.34. The molecule has 5 nitrogen and oxygen atoms in total. The molecule has 2 saturated heterocycles. The zero-order valence-corrected chi connectivity index (χ0v) is 19.2. The van der Waals surface area contributed by atoms with Gasteiger partial charge in [-0.2, -0.15) is 0 Å². The number of benzene rings is 2. The molecule has 2 amide bonds. The number of thioether (sulfide) groups is 1. The van der Waals surface area contributed by atoms with E-state index in [9.17, 15) is 9.59 Å². The molecule has 0 saturated carbocycles. The fourth-order valence-corrected chi connectivity index (χ4v) is 5.17. The Bertz CT molecular complexity index is 907. The highest BCUT2D eigenvalue weighted by Crippen LogP contribution is 2.25. The second kappa shape index (κ2) is 10.5. The van der Waals surface area contributed by atoms with E-state index in [0.717, 1.165) is 55.5 Å². The molecule has 2 aromatic rings. The summed E-state index contributed by atoms with van der Waals surface area (Å²) >= 11 is 7.45. The molecule has 0 spiro atoms. The summed E-state index contributed by atoms with van der Waals surface area (Å²) in [5, 5.41) is 0.748. The lowest BCUT2D eigenvalue weighted by Gasteiger charge is -2.35. The fourth-order valence-electron chi connectivity index (χ4n) is 4.09. The van der Waals surface area contributed by atoms with Gasteiger partial charge in [0.1, 0.15) is 0 Å². The van der Waals surface area contributed by atoms with Crippen LogP contribution in [0.15, 0.2) is 53.4 Å². The summed E-state index contributed by atoms with van der Waals surface area (Å²) in [6.07, 6.45) is 2.19. The van der Waals surface area contributed by atoms with Gasteiger partial charge in [0, 0.05) is 55.7 Å². The number of carbonyl (C=O) groups is 2. The smallest absolute Gasteiger partial charge is 0.255 e. The van der Waals surface area contributed by atoms with Crippen LogP contribution in [-0.2, 0) is 11.3 Å². The summed E-state index contributed by atoms with van der Waals surface area (Å²) in [5.41, 5.74) is 1.93. The molecule has 2 heterocycles. The third kappa shape index (κ3) is 5.82. The second-order valence-electron chi connectivity index (χ2n) is 8.07. The first kappa shape index (κ1) is 22.2. The van der Waals surface area contributed by atoms with Crippen LogP contribution in [0.4, 0.5) is 0 Å².